The first kappa shape index (κ1) is 18.1. The van der Waals surface area contributed by atoms with Gasteiger partial charge in [-0.15, -0.1) is 24.0 Å². The molecule has 2 N–H and O–H groups in total. The normalized spacial score (nSPS) is 17.4. The largest absolute Gasteiger partial charge is 0.370 e. The molecule has 118 valence electrons. The molecule has 21 heavy (non-hydrogen) atoms. The summed E-state index contributed by atoms with van der Waals surface area (Å²) in [4.78, 5) is 9.04. The Hall–Kier alpha value is -0.980. The molecular weight excluding hydrogens is 375 g/mol. The molecule has 5 heteroatoms. The lowest BCUT2D eigenvalue weighted by Gasteiger charge is -2.25. The Morgan fingerprint density at radius 2 is 2.00 bits per heavy atom. The van der Waals surface area contributed by atoms with Gasteiger partial charge in [0.15, 0.2) is 5.96 Å². The van der Waals surface area contributed by atoms with Crippen LogP contribution < -0.4 is 10.6 Å². The molecule has 4 nitrogen and oxygen atoms in total. The van der Waals surface area contributed by atoms with E-state index in [1.54, 1.807) is 0 Å². The molecule has 0 aliphatic carbocycles. The Morgan fingerprint density at radius 1 is 1.33 bits per heavy atom. The maximum absolute atomic E-state index is 6.01. The van der Waals surface area contributed by atoms with Crippen molar-refractivity contribution >= 4 is 35.6 Å². The Bertz CT molecular complexity index is 471. The van der Waals surface area contributed by atoms with Crippen molar-refractivity contribution in [3.63, 3.8) is 0 Å². The summed E-state index contributed by atoms with van der Waals surface area (Å²) in [5.41, 5.74) is 8.81. The molecule has 0 amide bonds. The lowest BCUT2D eigenvalue weighted by molar-refractivity contribution is 0.458. The predicted molar refractivity (Wildman–Crippen MR) is 102 cm³/mol. The minimum atomic E-state index is 0. The van der Waals surface area contributed by atoms with Crippen molar-refractivity contribution in [1.29, 1.82) is 0 Å². The topological polar surface area (TPSA) is 44.9 Å². The van der Waals surface area contributed by atoms with E-state index in [9.17, 15) is 0 Å². The number of para-hydroxylation sites is 1. The zero-order valence-electron chi connectivity index (χ0n) is 13.2. The smallest absolute Gasteiger partial charge is 0.191 e. The number of fused-ring (bicyclic) bond motifs is 1. The van der Waals surface area contributed by atoms with Crippen molar-refractivity contribution < 1.29 is 0 Å². The van der Waals surface area contributed by atoms with Crippen molar-refractivity contribution in [1.82, 2.24) is 4.90 Å². The molecule has 1 heterocycles. The second-order valence-corrected chi connectivity index (χ2v) is 5.29. The van der Waals surface area contributed by atoms with E-state index in [1.165, 1.54) is 11.3 Å². The summed E-state index contributed by atoms with van der Waals surface area (Å²) in [6.45, 7) is 9.98. The third kappa shape index (κ3) is 4.25. The average molecular weight is 402 g/mol. The molecule has 0 fully saturated rings. The summed E-state index contributed by atoms with van der Waals surface area (Å²) >= 11 is 0. The second-order valence-electron chi connectivity index (χ2n) is 5.29. The molecule has 0 saturated carbocycles. The van der Waals surface area contributed by atoms with Gasteiger partial charge in [-0.3, -0.25) is 4.99 Å². The lowest BCUT2D eigenvalue weighted by atomic mass is 10.1. The molecule has 1 atom stereocenters. The number of halogens is 1. The maximum Gasteiger partial charge on any atom is 0.191 e. The van der Waals surface area contributed by atoms with E-state index < -0.39 is 0 Å². The highest BCUT2D eigenvalue weighted by atomic mass is 127. The van der Waals surface area contributed by atoms with E-state index in [1.807, 2.05) is 0 Å². The number of rotatable bonds is 5. The molecule has 1 aliphatic heterocycles. The Labute approximate surface area is 145 Å². The standard InChI is InChI=1S/C16H26N4.HI/c1-4-19(5-2)16(17)18-10-11-20-13(3)12-14-8-6-7-9-15(14)20;/h6-9,13H,4-5,10-12H2,1-3H3,(H2,17,18);1H. The van der Waals surface area contributed by atoms with E-state index in [0.717, 1.165) is 32.6 Å². The van der Waals surface area contributed by atoms with Crippen molar-refractivity contribution in [3.8, 4) is 0 Å². The van der Waals surface area contributed by atoms with Gasteiger partial charge < -0.3 is 15.5 Å². The number of benzene rings is 1. The van der Waals surface area contributed by atoms with Crippen LogP contribution in [0.1, 0.15) is 26.3 Å². The quantitative estimate of drug-likeness (QED) is 0.468. The van der Waals surface area contributed by atoms with Crippen molar-refractivity contribution in [2.75, 3.05) is 31.1 Å². The second kappa shape index (κ2) is 8.46. The minimum absolute atomic E-state index is 0. The minimum Gasteiger partial charge on any atom is -0.370 e. The monoisotopic (exact) mass is 402 g/mol. The molecule has 0 aromatic heterocycles. The fourth-order valence-electron chi connectivity index (χ4n) is 2.89. The van der Waals surface area contributed by atoms with Crippen LogP contribution in [0.15, 0.2) is 29.3 Å². The molecule has 0 saturated heterocycles. The summed E-state index contributed by atoms with van der Waals surface area (Å²) in [6, 6.07) is 9.20. The highest BCUT2D eigenvalue weighted by Gasteiger charge is 2.24. The van der Waals surface area contributed by atoms with Crippen LogP contribution in [0.5, 0.6) is 0 Å². The summed E-state index contributed by atoms with van der Waals surface area (Å²) in [5.74, 6) is 0.662. The van der Waals surface area contributed by atoms with E-state index in [2.05, 4.69) is 59.8 Å². The van der Waals surface area contributed by atoms with Gasteiger partial charge in [-0.2, -0.15) is 0 Å². The first-order chi connectivity index (χ1) is 9.67. The van der Waals surface area contributed by atoms with Crippen molar-refractivity contribution in [2.24, 2.45) is 10.7 Å². The molecule has 1 aromatic carbocycles. The first-order valence-corrected chi connectivity index (χ1v) is 7.56. The Morgan fingerprint density at radius 3 is 2.67 bits per heavy atom. The van der Waals surface area contributed by atoms with Gasteiger partial charge in [-0.05, 0) is 38.8 Å². The highest BCUT2D eigenvalue weighted by Crippen LogP contribution is 2.31. The van der Waals surface area contributed by atoms with Crippen LogP contribution in [0.3, 0.4) is 0 Å². The molecule has 1 unspecified atom stereocenters. The maximum atomic E-state index is 6.01. The number of nitrogens with two attached hydrogens (primary N) is 1. The number of nitrogens with zero attached hydrogens (tertiary/aromatic N) is 3. The third-order valence-corrected chi connectivity index (χ3v) is 4.05. The molecule has 2 rings (SSSR count). The van der Waals surface area contributed by atoms with E-state index in [-0.39, 0.29) is 24.0 Å². The molecule has 1 aliphatic rings. The number of guanidine groups is 1. The number of aliphatic imine (C=N–C) groups is 1. The zero-order valence-corrected chi connectivity index (χ0v) is 15.6. The van der Waals surface area contributed by atoms with Gasteiger partial charge in [0.05, 0.1) is 6.54 Å². The Kier molecular flexibility index (Phi) is 7.28. The summed E-state index contributed by atoms with van der Waals surface area (Å²) in [7, 11) is 0. The summed E-state index contributed by atoms with van der Waals surface area (Å²) in [6.07, 6.45) is 1.13. The zero-order chi connectivity index (χ0) is 14.5. The van der Waals surface area contributed by atoms with E-state index in [0.29, 0.717) is 12.0 Å². The van der Waals surface area contributed by atoms with Crippen LogP contribution in [0.2, 0.25) is 0 Å². The number of anilines is 1. The van der Waals surface area contributed by atoms with Crippen LogP contribution in [0, 0.1) is 0 Å². The molecular formula is C16H27IN4. The average Bonchev–Trinajstić information content (AvgIpc) is 2.76. The van der Waals surface area contributed by atoms with Crippen LogP contribution in [-0.4, -0.2) is 43.1 Å². The highest BCUT2D eigenvalue weighted by molar-refractivity contribution is 14.0. The third-order valence-electron chi connectivity index (χ3n) is 4.05. The van der Waals surface area contributed by atoms with Gasteiger partial charge in [0, 0.05) is 31.4 Å². The van der Waals surface area contributed by atoms with Gasteiger partial charge >= 0.3 is 0 Å². The summed E-state index contributed by atoms with van der Waals surface area (Å²) in [5, 5.41) is 0. The number of hydrogen-bond donors (Lipinski definition) is 1. The molecule has 0 spiro atoms. The summed E-state index contributed by atoms with van der Waals surface area (Å²) < 4.78 is 0. The molecule has 1 aromatic rings. The first-order valence-electron chi connectivity index (χ1n) is 7.56. The van der Waals surface area contributed by atoms with Gasteiger partial charge in [0.2, 0.25) is 0 Å². The fraction of sp³-hybridized carbons (Fsp3) is 0.562. The van der Waals surface area contributed by atoms with Gasteiger partial charge in [-0.1, -0.05) is 18.2 Å². The number of hydrogen-bond acceptors (Lipinski definition) is 2. The molecule has 0 radical (unpaired) electrons. The SMILES string of the molecule is CCN(CC)C(N)=NCCN1c2ccccc2CC1C.I. The van der Waals surface area contributed by atoms with Crippen molar-refractivity contribution in [3.05, 3.63) is 29.8 Å². The van der Waals surface area contributed by atoms with Crippen LogP contribution in [0.25, 0.3) is 0 Å². The van der Waals surface area contributed by atoms with E-state index >= 15 is 0 Å². The van der Waals surface area contributed by atoms with Crippen LogP contribution in [-0.2, 0) is 6.42 Å². The predicted octanol–water partition coefficient (Wildman–Crippen LogP) is 2.71. The van der Waals surface area contributed by atoms with Crippen molar-refractivity contribution in [2.45, 2.75) is 33.2 Å². The van der Waals surface area contributed by atoms with Gasteiger partial charge in [-0.25, -0.2) is 0 Å². The van der Waals surface area contributed by atoms with Crippen LogP contribution >= 0.6 is 24.0 Å². The van der Waals surface area contributed by atoms with Crippen LogP contribution in [0.4, 0.5) is 5.69 Å². The fourth-order valence-corrected chi connectivity index (χ4v) is 2.89. The van der Waals surface area contributed by atoms with Gasteiger partial charge in [0.1, 0.15) is 0 Å². The lowest BCUT2D eigenvalue weighted by Crippen LogP contribution is -2.38. The van der Waals surface area contributed by atoms with E-state index in [4.69, 9.17) is 5.73 Å². The van der Waals surface area contributed by atoms with Gasteiger partial charge in [0.25, 0.3) is 0 Å². The Balaban J connectivity index is 0.00000220. The molecule has 0 bridgehead atoms.